The Kier molecular flexibility index (Phi) is 6.37. The molecule has 0 atom stereocenters. The van der Waals surface area contributed by atoms with Gasteiger partial charge in [-0.05, 0) is 18.1 Å². The molecule has 0 fully saturated rings. The minimum absolute atomic E-state index is 0. The van der Waals surface area contributed by atoms with E-state index in [2.05, 4.69) is 6.07 Å². The molecule has 110 valence electrons. The van der Waals surface area contributed by atoms with Crippen LogP contribution in [0, 0.1) is 30.4 Å². The van der Waals surface area contributed by atoms with Gasteiger partial charge in [0.05, 0.1) is 0 Å². The molecule has 0 saturated carbocycles. The minimum Gasteiger partial charge on any atom is -0.236 e. The zero-order chi connectivity index (χ0) is 15.7. The maximum atomic E-state index is 14.4. The second-order valence-corrected chi connectivity index (χ2v) is 5.08. The Morgan fingerprint density at radius 2 is 1.30 bits per heavy atom. The van der Waals surface area contributed by atoms with Gasteiger partial charge < -0.3 is 0 Å². The van der Waals surface area contributed by atoms with E-state index in [9.17, 15) is 13.2 Å². The summed E-state index contributed by atoms with van der Waals surface area (Å²) >= 11 is 0. The Morgan fingerprint density at radius 3 is 1.87 bits per heavy atom. The Bertz CT molecular complexity index is 827. The SMILES string of the molecule is Cc1ccc(-c2ccc(-c3cc[c-]c(F)c3)c(F)c2F)cc1.[Rb+]. The van der Waals surface area contributed by atoms with Gasteiger partial charge in [0.1, 0.15) is 0 Å². The van der Waals surface area contributed by atoms with Crippen molar-refractivity contribution >= 4 is 0 Å². The van der Waals surface area contributed by atoms with E-state index in [4.69, 9.17) is 0 Å². The van der Waals surface area contributed by atoms with Crippen molar-refractivity contribution in [3.63, 3.8) is 0 Å². The van der Waals surface area contributed by atoms with Crippen LogP contribution in [-0.2, 0) is 0 Å². The molecule has 0 aliphatic rings. The average molecular weight is 383 g/mol. The van der Waals surface area contributed by atoms with Crippen LogP contribution < -0.4 is 58.2 Å². The van der Waals surface area contributed by atoms with Crippen molar-refractivity contribution in [1.29, 1.82) is 0 Å². The van der Waals surface area contributed by atoms with Crippen LogP contribution in [-0.4, -0.2) is 0 Å². The third-order valence-corrected chi connectivity index (χ3v) is 3.52. The first kappa shape index (κ1) is 18.6. The van der Waals surface area contributed by atoms with Crippen LogP contribution >= 0.6 is 0 Å². The Hall–Kier alpha value is -0.745. The van der Waals surface area contributed by atoms with Gasteiger partial charge in [-0.2, -0.15) is 12.1 Å². The summed E-state index contributed by atoms with van der Waals surface area (Å²) in [6, 6.07) is 16.4. The molecule has 3 rings (SSSR count). The van der Waals surface area contributed by atoms with Crippen LogP contribution in [0.4, 0.5) is 13.2 Å². The first-order chi connectivity index (χ1) is 10.6. The van der Waals surface area contributed by atoms with Crippen molar-refractivity contribution < 1.29 is 71.4 Å². The van der Waals surface area contributed by atoms with Crippen molar-refractivity contribution in [2.24, 2.45) is 0 Å². The second kappa shape index (κ2) is 7.89. The van der Waals surface area contributed by atoms with Gasteiger partial charge in [-0.3, -0.25) is 0 Å². The van der Waals surface area contributed by atoms with Gasteiger partial charge >= 0.3 is 58.2 Å². The number of hydrogen-bond donors (Lipinski definition) is 0. The summed E-state index contributed by atoms with van der Waals surface area (Å²) in [5, 5.41) is 0. The molecule has 0 nitrogen and oxygen atoms in total. The standard InChI is InChI=1S/C19H12F3.Rb/c1-12-5-7-13(8-6-12)16-9-10-17(19(22)18(16)21)14-3-2-4-15(20)11-14;/h2-3,5-11H,1H3;/q-1;+1. The van der Waals surface area contributed by atoms with Gasteiger partial charge in [0, 0.05) is 11.4 Å². The van der Waals surface area contributed by atoms with E-state index in [0.717, 1.165) is 11.6 Å². The molecule has 0 saturated heterocycles. The largest absolute Gasteiger partial charge is 1.00 e. The maximum absolute atomic E-state index is 14.4. The summed E-state index contributed by atoms with van der Waals surface area (Å²) in [6.45, 7) is 1.92. The minimum atomic E-state index is -0.983. The molecule has 0 spiro atoms. The van der Waals surface area contributed by atoms with E-state index in [1.54, 1.807) is 12.1 Å². The fourth-order valence-electron chi connectivity index (χ4n) is 2.33. The summed E-state index contributed by atoms with van der Waals surface area (Å²) < 4.78 is 41.9. The molecule has 3 aromatic rings. The molecule has 0 aliphatic carbocycles. The smallest absolute Gasteiger partial charge is 0.236 e. The van der Waals surface area contributed by atoms with Gasteiger partial charge in [0.2, 0.25) is 0 Å². The molecule has 3 aromatic carbocycles. The topological polar surface area (TPSA) is 0 Å². The maximum Gasteiger partial charge on any atom is 1.00 e. The number of rotatable bonds is 2. The fraction of sp³-hybridized carbons (Fsp3) is 0.0526. The van der Waals surface area contributed by atoms with Crippen LogP contribution in [0.15, 0.2) is 54.6 Å². The molecule has 0 unspecified atom stereocenters. The van der Waals surface area contributed by atoms with Gasteiger partial charge in [-0.15, -0.1) is 17.7 Å². The van der Waals surface area contributed by atoms with E-state index in [1.165, 1.54) is 24.3 Å². The Morgan fingerprint density at radius 1 is 0.739 bits per heavy atom. The van der Waals surface area contributed by atoms with Crippen molar-refractivity contribution in [3.05, 3.63) is 83.7 Å². The van der Waals surface area contributed by atoms with Gasteiger partial charge in [0.25, 0.3) is 0 Å². The molecule has 4 heteroatoms. The Labute approximate surface area is 182 Å². The van der Waals surface area contributed by atoms with E-state index >= 15 is 0 Å². The number of hydrogen-bond acceptors (Lipinski definition) is 0. The molecule has 0 N–H and O–H groups in total. The molecular weight excluding hydrogens is 371 g/mol. The molecule has 0 bridgehead atoms. The van der Waals surface area contributed by atoms with E-state index in [0.29, 0.717) is 5.56 Å². The zero-order valence-corrected chi connectivity index (χ0v) is 17.7. The molecule has 0 radical (unpaired) electrons. The van der Waals surface area contributed by atoms with Crippen molar-refractivity contribution in [3.8, 4) is 22.3 Å². The summed E-state index contributed by atoms with van der Waals surface area (Å²) in [5.41, 5.74) is 2.13. The molecule has 23 heavy (non-hydrogen) atoms. The number of aryl methyl sites for hydroxylation is 1. The molecule has 0 aliphatic heterocycles. The predicted octanol–water partition coefficient (Wildman–Crippen LogP) is 2.55. The van der Waals surface area contributed by atoms with Gasteiger partial charge in [-0.1, -0.05) is 42.0 Å². The molecule has 0 aromatic heterocycles. The fourth-order valence-corrected chi connectivity index (χ4v) is 2.33. The molecule has 0 heterocycles. The predicted molar refractivity (Wildman–Crippen MR) is 80.8 cm³/mol. The van der Waals surface area contributed by atoms with Gasteiger partial charge in [-0.25, -0.2) is 13.2 Å². The monoisotopic (exact) mass is 382 g/mol. The van der Waals surface area contributed by atoms with E-state index in [1.807, 2.05) is 19.1 Å². The van der Waals surface area contributed by atoms with Crippen LogP contribution in [0.3, 0.4) is 0 Å². The summed E-state index contributed by atoms with van der Waals surface area (Å²) in [5.74, 6) is -2.53. The van der Waals surface area contributed by atoms with Crippen molar-refractivity contribution in [1.82, 2.24) is 0 Å². The molecular formula is C19H12F3Rb. The summed E-state index contributed by atoms with van der Waals surface area (Å²) in [6.07, 6.45) is 0. The normalized spacial score (nSPS) is 10.3. The van der Waals surface area contributed by atoms with E-state index < -0.39 is 17.5 Å². The quantitative estimate of drug-likeness (QED) is 0.598. The van der Waals surface area contributed by atoms with Crippen LogP contribution in [0.1, 0.15) is 5.56 Å². The summed E-state index contributed by atoms with van der Waals surface area (Å²) in [7, 11) is 0. The number of halogens is 3. The van der Waals surface area contributed by atoms with Crippen LogP contribution in [0.25, 0.3) is 22.3 Å². The second-order valence-electron chi connectivity index (χ2n) is 5.08. The number of benzene rings is 3. The zero-order valence-electron chi connectivity index (χ0n) is 12.8. The third kappa shape index (κ3) is 4.02. The first-order valence-electron chi connectivity index (χ1n) is 6.79. The van der Waals surface area contributed by atoms with Crippen LogP contribution in [0.2, 0.25) is 0 Å². The first-order valence-corrected chi connectivity index (χ1v) is 6.79. The van der Waals surface area contributed by atoms with E-state index in [-0.39, 0.29) is 74.9 Å². The Balaban J connectivity index is 0.00000192. The summed E-state index contributed by atoms with van der Waals surface area (Å²) in [4.78, 5) is 0. The van der Waals surface area contributed by atoms with Crippen LogP contribution in [0.5, 0.6) is 0 Å². The van der Waals surface area contributed by atoms with Gasteiger partial charge in [0.15, 0.2) is 11.6 Å². The molecule has 0 amide bonds. The third-order valence-electron chi connectivity index (χ3n) is 3.52. The van der Waals surface area contributed by atoms with Crippen molar-refractivity contribution in [2.45, 2.75) is 6.92 Å². The average Bonchev–Trinajstić information content (AvgIpc) is 2.51. The van der Waals surface area contributed by atoms with Crippen molar-refractivity contribution in [2.75, 3.05) is 0 Å².